The quantitative estimate of drug-likeness (QED) is 0.479. The molecule has 0 spiro atoms. The highest BCUT2D eigenvalue weighted by molar-refractivity contribution is 5.95. The van der Waals surface area contributed by atoms with Gasteiger partial charge >= 0.3 is 5.97 Å². The van der Waals surface area contributed by atoms with Gasteiger partial charge in [0.2, 0.25) is 0 Å². The molecule has 0 fully saturated rings. The molecule has 0 aliphatic heterocycles. The van der Waals surface area contributed by atoms with E-state index in [-0.39, 0.29) is 6.10 Å². The average Bonchev–Trinajstić information content (AvgIpc) is 2.53. The zero-order valence-electron chi connectivity index (χ0n) is 11.1. The molecule has 0 bridgehead atoms. The second kappa shape index (κ2) is 5.88. The van der Waals surface area contributed by atoms with Crippen LogP contribution in [0, 0.1) is 0 Å². The Morgan fingerprint density at radius 1 is 1.10 bits per heavy atom. The first-order valence-corrected chi connectivity index (χ1v) is 6.86. The number of carbonyl (C=O) groups excluding carboxylic acids is 1. The molecule has 2 aromatic carbocycles. The van der Waals surface area contributed by atoms with Crippen LogP contribution >= 0.6 is 0 Å². The molecule has 0 saturated carbocycles. The molecule has 0 heterocycles. The van der Waals surface area contributed by atoms with Crippen LogP contribution in [-0.2, 0) is 9.78 Å². The van der Waals surface area contributed by atoms with Gasteiger partial charge in [-0.3, -0.25) is 4.89 Å². The molecule has 0 aromatic heterocycles. The zero-order valence-corrected chi connectivity index (χ0v) is 11.1. The molecular formula is C17H16O3. The molecule has 102 valence electrons. The molecule has 1 aliphatic carbocycles. The first-order chi connectivity index (χ1) is 9.83. The lowest BCUT2D eigenvalue weighted by atomic mass is 10.1. The highest BCUT2D eigenvalue weighted by Gasteiger charge is 2.14. The van der Waals surface area contributed by atoms with Crippen molar-refractivity contribution in [2.45, 2.75) is 25.4 Å². The maximum atomic E-state index is 12.0. The molecular weight excluding hydrogens is 252 g/mol. The lowest BCUT2D eigenvalue weighted by molar-refractivity contribution is -0.264. The van der Waals surface area contributed by atoms with Crippen LogP contribution in [0.4, 0.5) is 0 Å². The lowest BCUT2D eigenvalue weighted by Gasteiger charge is -2.15. The Morgan fingerprint density at radius 2 is 1.95 bits per heavy atom. The van der Waals surface area contributed by atoms with Crippen LogP contribution in [0.15, 0.2) is 54.6 Å². The van der Waals surface area contributed by atoms with Crippen LogP contribution in [0.25, 0.3) is 10.8 Å². The molecule has 3 heteroatoms. The highest BCUT2D eigenvalue weighted by Crippen LogP contribution is 2.18. The van der Waals surface area contributed by atoms with E-state index < -0.39 is 5.97 Å². The summed E-state index contributed by atoms with van der Waals surface area (Å²) in [6.45, 7) is 0. The van der Waals surface area contributed by atoms with E-state index in [4.69, 9.17) is 9.78 Å². The summed E-state index contributed by atoms with van der Waals surface area (Å²) in [5.74, 6) is -0.449. The number of hydrogen-bond donors (Lipinski definition) is 0. The maximum Gasteiger partial charge on any atom is 0.373 e. The zero-order chi connectivity index (χ0) is 13.8. The molecule has 0 N–H and O–H groups in total. The van der Waals surface area contributed by atoms with E-state index in [2.05, 4.69) is 6.08 Å². The van der Waals surface area contributed by atoms with Crippen molar-refractivity contribution < 1.29 is 14.6 Å². The Kier molecular flexibility index (Phi) is 3.79. The Labute approximate surface area is 117 Å². The van der Waals surface area contributed by atoms with E-state index in [0.29, 0.717) is 5.56 Å². The molecule has 1 unspecified atom stereocenters. The number of allylic oxidation sites excluding steroid dienone is 1. The standard InChI is InChI=1S/C17H16O3/c18-17(20-19-16-8-2-1-3-9-16)15-11-10-13-6-4-5-7-14(13)12-15/h2,4-8,10-12,16H,1,3,9H2. The van der Waals surface area contributed by atoms with Crippen LogP contribution in [0.3, 0.4) is 0 Å². The van der Waals surface area contributed by atoms with E-state index >= 15 is 0 Å². The predicted molar refractivity (Wildman–Crippen MR) is 77.2 cm³/mol. The summed E-state index contributed by atoms with van der Waals surface area (Å²) in [6, 6.07) is 13.4. The van der Waals surface area contributed by atoms with Gasteiger partial charge in [0, 0.05) is 0 Å². The van der Waals surface area contributed by atoms with E-state index in [1.54, 1.807) is 6.07 Å². The monoisotopic (exact) mass is 268 g/mol. The average molecular weight is 268 g/mol. The molecule has 0 radical (unpaired) electrons. The summed E-state index contributed by atoms with van der Waals surface area (Å²) in [6.07, 6.45) is 6.90. The van der Waals surface area contributed by atoms with Gasteiger partial charge in [-0.2, -0.15) is 4.89 Å². The van der Waals surface area contributed by atoms with Crippen molar-refractivity contribution in [3.63, 3.8) is 0 Å². The van der Waals surface area contributed by atoms with Crippen molar-refractivity contribution in [1.82, 2.24) is 0 Å². The SMILES string of the molecule is O=C(OOC1C=CCCC1)c1ccc2ccccc2c1. The summed E-state index contributed by atoms with van der Waals surface area (Å²) in [4.78, 5) is 22.1. The van der Waals surface area contributed by atoms with E-state index in [1.165, 1.54) is 0 Å². The van der Waals surface area contributed by atoms with Crippen molar-refractivity contribution in [1.29, 1.82) is 0 Å². The Bertz CT molecular complexity index is 645. The van der Waals surface area contributed by atoms with E-state index in [0.717, 1.165) is 30.0 Å². The molecule has 3 nitrogen and oxygen atoms in total. The Morgan fingerprint density at radius 3 is 2.75 bits per heavy atom. The minimum atomic E-state index is -0.449. The predicted octanol–water partition coefficient (Wildman–Crippen LogP) is 4.04. The molecule has 0 saturated heterocycles. The molecule has 3 rings (SSSR count). The lowest BCUT2D eigenvalue weighted by Crippen LogP contribution is -2.16. The molecule has 0 amide bonds. The van der Waals surface area contributed by atoms with Crippen molar-refractivity contribution >= 4 is 16.7 Å². The van der Waals surface area contributed by atoms with Gasteiger partial charge < -0.3 is 0 Å². The summed E-state index contributed by atoms with van der Waals surface area (Å²) in [5, 5.41) is 2.11. The van der Waals surface area contributed by atoms with Gasteiger partial charge in [-0.05, 0) is 42.2 Å². The fourth-order valence-electron chi connectivity index (χ4n) is 2.33. The van der Waals surface area contributed by atoms with Crippen LogP contribution in [0.2, 0.25) is 0 Å². The van der Waals surface area contributed by atoms with Gasteiger partial charge in [0.1, 0.15) is 6.10 Å². The topological polar surface area (TPSA) is 35.5 Å². The maximum absolute atomic E-state index is 12.0. The van der Waals surface area contributed by atoms with Crippen LogP contribution < -0.4 is 0 Å². The van der Waals surface area contributed by atoms with Gasteiger partial charge in [0.25, 0.3) is 0 Å². The number of carbonyl (C=O) groups is 1. The normalized spacial score (nSPS) is 18.1. The van der Waals surface area contributed by atoms with Crippen LogP contribution in [0.5, 0.6) is 0 Å². The van der Waals surface area contributed by atoms with Crippen molar-refractivity contribution in [3.8, 4) is 0 Å². The third kappa shape index (κ3) is 2.89. The number of fused-ring (bicyclic) bond motifs is 1. The number of rotatable bonds is 3. The van der Waals surface area contributed by atoms with Gasteiger partial charge in [-0.25, -0.2) is 4.79 Å². The van der Waals surface area contributed by atoms with Crippen molar-refractivity contribution in [2.75, 3.05) is 0 Å². The molecule has 20 heavy (non-hydrogen) atoms. The van der Waals surface area contributed by atoms with Crippen molar-refractivity contribution in [2.24, 2.45) is 0 Å². The largest absolute Gasteiger partial charge is 0.373 e. The summed E-state index contributed by atoms with van der Waals surface area (Å²) in [7, 11) is 0. The summed E-state index contributed by atoms with van der Waals surface area (Å²) < 4.78 is 0. The van der Waals surface area contributed by atoms with Crippen LogP contribution in [0.1, 0.15) is 29.6 Å². The Balaban J connectivity index is 1.68. The second-order valence-electron chi connectivity index (χ2n) is 4.93. The second-order valence-corrected chi connectivity index (χ2v) is 4.93. The van der Waals surface area contributed by atoms with Crippen molar-refractivity contribution in [3.05, 3.63) is 60.2 Å². The van der Waals surface area contributed by atoms with Gasteiger partial charge in [0.05, 0.1) is 5.56 Å². The van der Waals surface area contributed by atoms with Gasteiger partial charge in [-0.1, -0.05) is 42.5 Å². The first kappa shape index (κ1) is 12.9. The smallest absolute Gasteiger partial charge is 0.292 e. The molecule has 1 atom stereocenters. The minimum absolute atomic E-state index is 0.117. The molecule has 1 aliphatic rings. The summed E-state index contributed by atoms with van der Waals surface area (Å²) in [5.41, 5.74) is 0.503. The van der Waals surface area contributed by atoms with Gasteiger partial charge in [0.15, 0.2) is 0 Å². The number of hydrogen-bond acceptors (Lipinski definition) is 3. The fraction of sp³-hybridized carbons (Fsp3) is 0.235. The molecule has 2 aromatic rings. The fourth-order valence-corrected chi connectivity index (χ4v) is 2.33. The first-order valence-electron chi connectivity index (χ1n) is 6.86. The number of benzene rings is 2. The third-order valence-corrected chi connectivity index (χ3v) is 3.44. The van der Waals surface area contributed by atoms with Gasteiger partial charge in [-0.15, -0.1) is 0 Å². The highest BCUT2D eigenvalue weighted by atomic mass is 17.2. The van der Waals surface area contributed by atoms with E-state index in [1.807, 2.05) is 42.5 Å². The van der Waals surface area contributed by atoms with E-state index in [9.17, 15) is 4.79 Å². The third-order valence-electron chi connectivity index (χ3n) is 3.44. The minimum Gasteiger partial charge on any atom is -0.292 e. The summed E-state index contributed by atoms with van der Waals surface area (Å²) >= 11 is 0. The Hall–Kier alpha value is -2.13. The van der Waals surface area contributed by atoms with Crippen LogP contribution in [-0.4, -0.2) is 12.1 Å².